The van der Waals surface area contributed by atoms with E-state index in [0.717, 1.165) is 71.7 Å². The van der Waals surface area contributed by atoms with Gasteiger partial charge in [0.05, 0.1) is 5.56 Å². The van der Waals surface area contributed by atoms with E-state index in [0.29, 0.717) is 17.5 Å². The van der Waals surface area contributed by atoms with Gasteiger partial charge in [-0.05, 0) is 63.0 Å². The van der Waals surface area contributed by atoms with Crippen LogP contribution >= 0.6 is 0 Å². The molecule has 0 saturated carbocycles. The van der Waals surface area contributed by atoms with Crippen molar-refractivity contribution in [3.8, 4) is 45.3 Å². The number of hydrogen-bond acceptors (Lipinski definition) is 5. The highest BCUT2D eigenvalue weighted by Crippen LogP contribution is 2.40. The number of rotatable bonds is 4. The second-order valence-corrected chi connectivity index (χ2v) is 13.1. The van der Waals surface area contributed by atoms with Gasteiger partial charge in [0, 0.05) is 32.7 Å². The largest absolute Gasteiger partial charge is 0.456 e. The predicted octanol–water partition coefficient (Wildman–Crippen LogP) is 12.6. The zero-order valence-electron chi connectivity index (χ0n) is 27.7. The summed E-state index contributed by atoms with van der Waals surface area (Å²) in [5.41, 5.74) is 7.99. The summed E-state index contributed by atoms with van der Waals surface area (Å²) in [5, 5.41) is 8.93. The molecule has 8 aromatic carbocycles. The van der Waals surface area contributed by atoms with Gasteiger partial charge in [-0.1, -0.05) is 133 Å². The van der Waals surface area contributed by atoms with Crippen LogP contribution in [0.3, 0.4) is 0 Å². The van der Waals surface area contributed by atoms with Crippen molar-refractivity contribution in [2.24, 2.45) is 0 Å². The average molecular weight is 666 g/mol. The first kappa shape index (κ1) is 28.7. The van der Waals surface area contributed by atoms with Crippen molar-refractivity contribution >= 4 is 65.4 Å². The molecule has 5 nitrogen and oxygen atoms in total. The van der Waals surface area contributed by atoms with Crippen LogP contribution in [-0.4, -0.2) is 15.0 Å². The fraction of sp³-hybridized carbons (Fsp3) is 0. The summed E-state index contributed by atoms with van der Waals surface area (Å²) in [6, 6.07) is 56.4. The van der Waals surface area contributed by atoms with Gasteiger partial charge in [-0.15, -0.1) is 0 Å². The molecule has 0 spiro atoms. The molecular formula is C47H27N3O2. The van der Waals surface area contributed by atoms with Crippen molar-refractivity contribution < 1.29 is 8.83 Å². The van der Waals surface area contributed by atoms with Crippen LogP contribution in [0.15, 0.2) is 173 Å². The molecule has 0 atom stereocenters. The van der Waals surface area contributed by atoms with Crippen LogP contribution in [0.25, 0.3) is 111 Å². The van der Waals surface area contributed by atoms with E-state index in [4.69, 9.17) is 23.8 Å². The third-order valence-corrected chi connectivity index (χ3v) is 10.1. The van der Waals surface area contributed by atoms with Gasteiger partial charge in [0.25, 0.3) is 0 Å². The zero-order chi connectivity index (χ0) is 34.2. The Labute approximate surface area is 297 Å². The SMILES string of the molecule is c1cc(-c2nc(-c3cccc4c3oc3ccccc34)nc(-c3cccc4oc5ccccc5c34)n2)cc(-c2cccc3ccc4ccccc4c23)c1. The topological polar surface area (TPSA) is 65.0 Å². The van der Waals surface area contributed by atoms with Crippen LogP contribution in [0.1, 0.15) is 0 Å². The number of fused-ring (bicyclic) bond motifs is 9. The van der Waals surface area contributed by atoms with Gasteiger partial charge in [-0.3, -0.25) is 0 Å². The first-order valence-electron chi connectivity index (χ1n) is 17.4. The van der Waals surface area contributed by atoms with Crippen LogP contribution in [0.5, 0.6) is 0 Å². The molecule has 0 saturated heterocycles. The number of furan rings is 2. The second-order valence-electron chi connectivity index (χ2n) is 13.1. The number of aromatic nitrogens is 3. The maximum Gasteiger partial charge on any atom is 0.167 e. The monoisotopic (exact) mass is 665 g/mol. The second kappa shape index (κ2) is 11.2. The lowest BCUT2D eigenvalue weighted by molar-refractivity contribution is 0.668. The van der Waals surface area contributed by atoms with Gasteiger partial charge < -0.3 is 8.83 Å². The number of benzene rings is 8. The third-order valence-electron chi connectivity index (χ3n) is 10.1. The van der Waals surface area contributed by atoms with E-state index in [-0.39, 0.29) is 0 Å². The van der Waals surface area contributed by atoms with Crippen molar-refractivity contribution in [2.75, 3.05) is 0 Å². The molecule has 0 N–H and O–H groups in total. The minimum atomic E-state index is 0.538. The smallest absolute Gasteiger partial charge is 0.167 e. The summed E-state index contributed by atoms with van der Waals surface area (Å²) in [4.78, 5) is 15.6. The van der Waals surface area contributed by atoms with Crippen LogP contribution in [0.2, 0.25) is 0 Å². The summed E-state index contributed by atoms with van der Waals surface area (Å²) in [6.45, 7) is 0. The summed E-state index contributed by atoms with van der Waals surface area (Å²) < 4.78 is 12.8. The molecule has 11 aromatic rings. The fourth-order valence-corrected chi connectivity index (χ4v) is 7.76. The van der Waals surface area contributed by atoms with Gasteiger partial charge in [-0.25, -0.2) is 15.0 Å². The lowest BCUT2D eigenvalue weighted by Gasteiger charge is -2.12. The van der Waals surface area contributed by atoms with E-state index < -0.39 is 0 Å². The molecule has 3 aromatic heterocycles. The molecule has 11 rings (SSSR count). The summed E-state index contributed by atoms with van der Waals surface area (Å²) >= 11 is 0. The number of para-hydroxylation sites is 3. The summed E-state index contributed by atoms with van der Waals surface area (Å²) in [5.74, 6) is 1.67. The molecular weight excluding hydrogens is 639 g/mol. The Bertz CT molecular complexity index is 3210. The van der Waals surface area contributed by atoms with Crippen molar-refractivity contribution in [1.29, 1.82) is 0 Å². The fourth-order valence-electron chi connectivity index (χ4n) is 7.76. The Balaban J connectivity index is 1.17. The van der Waals surface area contributed by atoms with E-state index in [1.165, 1.54) is 21.5 Å². The van der Waals surface area contributed by atoms with Gasteiger partial charge in [-0.2, -0.15) is 0 Å². The Kier molecular flexibility index (Phi) is 6.18. The van der Waals surface area contributed by atoms with E-state index in [1.807, 2.05) is 60.7 Å². The van der Waals surface area contributed by atoms with Crippen molar-refractivity contribution in [1.82, 2.24) is 15.0 Å². The summed E-state index contributed by atoms with van der Waals surface area (Å²) in [7, 11) is 0. The molecule has 0 aliphatic heterocycles. The molecule has 0 radical (unpaired) electrons. The first-order chi connectivity index (χ1) is 25.8. The molecule has 0 aliphatic rings. The van der Waals surface area contributed by atoms with Crippen LogP contribution in [0, 0.1) is 0 Å². The van der Waals surface area contributed by atoms with Crippen LogP contribution in [0.4, 0.5) is 0 Å². The van der Waals surface area contributed by atoms with E-state index >= 15 is 0 Å². The molecule has 0 amide bonds. The van der Waals surface area contributed by atoms with E-state index in [9.17, 15) is 0 Å². The van der Waals surface area contributed by atoms with Gasteiger partial charge >= 0.3 is 0 Å². The molecule has 5 heteroatoms. The lowest BCUT2D eigenvalue weighted by Crippen LogP contribution is -2.01. The van der Waals surface area contributed by atoms with Crippen LogP contribution in [-0.2, 0) is 0 Å². The molecule has 242 valence electrons. The Morgan fingerprint density at radius 2 is 0.904 bits per heavy atom. The standard InChI is InChI=1S/C47H27N3O2/c1-2-15-32-28(11-1)25-26-29-12-8-18-33(42(29)32)30-13-7-14-31(27-30)45-48-46(37-20-10-24-41-43(37)36-17-4-6-23-40(36)51-41)50-47(49-45)38-21-9-19-35-34-16-3-5-22-39(34)52-44(35)38/h1-27H. The minimum Gasteiger partial charge on any atom is -0.456 e. The normalized spacial score (nSPS) is 11.8. The highest BCUT2D eigenvalue weighted by Gasteiger charge is 2.20. The quantitative estimate of drug-likeness (QED) is 0.175. The molecule has 52 heavy (non-hydrogen) atoms. The maximum absolute atomic E-state index is 6.48. The van der Waals surface area contributed by atoms with Gasteiger partial charge in [0.2, 0.25) is 0 Å². The third kappa shape index (κ3) is 4.39. The predicted molar refractivity (Wildman–Crippen MR) is 211 cm³/mol. The van der Waals surface area contributed by atoms with Crippen molar-refractivity contribution in [3.63, 3.8) is 0 Å². The zero-order valence-corrected chi connectivity index (χ0v) is 27.7. The summed E-state index contributed by atoms with van der Waals surface area (Å²) in [6.07, 6.45) is 0. The Morgan fingerprint density at radius 1 is 0.327 bits per heavy atom. The lowest BCUT2D eigenvalue weighted by atomic mass is 9.93. The van der Waals surface area contributed by atoms with Crippen molar-refractivity contribution in [3.05, 3.63) is 164 Å². The van der Waals surface area contributed by atoms with Crippen LogP contribution < -0.4 is 0 Å². The van der Waals surface area contributed by atoms with E-state index in [2.05, 4.69) is 103 Å². The molecule has 0 aliphatic carbocycles. The van der Waals surface area contributed by atoms with Crippen molar-refractivity contribution in [2.45, 2.75) is 0 Å². The first-order valence-corrected chi connectivity index (χ1v) is 17.4. The molecule has 0 unspecified atom stereocenters. The van der Waals surface area contributed by atoms with E-state index in [1.54, 1.807) is 0 Å². The molecule has 3 heterocycles. The maximum atomic E-state index is 6.48. The highest BCUT2D eigenvalue weighted by molar-refractivity contribution is 6.15. The van der Waals surface area contributed by atoms with Gasteiger partial charge in [0.1, 0.15) is 22.3 Å². The number of nitrogens with zero attached hydrogens (tertiary/aromatic N) is 3. The molecule has 0 bridgehead atoms. The Hall–Kier alpha value is -7.11. The molecule has 0 fully saturated rings. The number of hydrogen-bond donors (Lipinski definition) is 0. The van der Waals surface area contributed by atoms with Gasteiger partial charge in [0.15, 0.2) is 17.5 Å². The Morgan fingerprint density at radius 3 is 1.81 bits per heavy atom. The average Bonchev–Trinajstić information content (AvgIpc) is 3.79. The highest BCUT2D eigenvalue weighted by atomic mass is 16.3. The minimum absolute atomic E-state index is 0.538.